The fraction of sp³-hybridized carbons (Fsp3) is 0.458. The molecule has 4 heterocycles. The van der Waals surface area contributed by atoms with E-state index in [0.717, 1.165) is 63.6 Å². The van der Waals surface area contributed by atoms with E-state index < -0.39 is 0 Å². The van der Waals surface area contributed by atoms with Crippen molar-refractivity contribution in [2.45, 2.75) is 31.7 Å². The molecule has 0 radical (unpaired) electrons. The molecule has 2 saturated heterocycles. The van der Waals surface area contributed by atoms with E-state index in [1.54, 1.807) is 0 Å². The highest BCUT2D eigenvalue weighted by Crippen LogP contribution is 2.27. The highest BCUT2D eigenvalue weighted by atomic mass is 16.5. The Morgan fingerprint density at radius 1 is 1.06 bits per heavy atom. The van der Waals surface area contributed by atoms with E-state index >= 15 is 0 Å². The van der Waals surface area contributed by atoms with Gasteiger partial charge in [0.2, 0.25) is 0 Å². The summed E-state index contributed by atoms with van der Waals surface area (Å²) in [6.45, 7) is 5.23. The van der Waals surface area contributed by atoms with Crippen molar-refractivity contribution in [2.24, 2.45) is 5.92 Å². The minimum atomic E-state index is -0.0369. The molecule has 5 rings (SSSR count). The SMILES string of the molecule is O=C(NCC1CCOCC1)c1ccc2nnc([C@@H]3CCN(Cc4ccccc4)C3)n2c1. The van der Waals surface area contributed by atoms with Gasteiger partial charge in [-0.05, 0) is 49.4 Å². The average Bonchev–Trinajstić information content (AvgIpc) is 3.45. The second-order valence-corrected chi connectivity index (χ2v) is 8.68. The highest BCUT2D eigenvalue weighted by molar-refractivity contribution is 5.94. The smallest absolute Gasteiger partial charge is 0.252 e. The number of benzene rings is 1. The van der Waals surface area contributed by atoms with Crippen LogP contribution in [0.4, 0.5) is 0 Å². The molecule has 7 nitrogen and oxygen atoms in total. The van der Waals surface area contributed by atoms with Gasteiger partial charge in [-0.1, -0.05) is 30.3 Å². The van der Waals surface area contributed by atoms with Gasteiger partial charge < -0.3 is 10.1 Å². The van der Waals surface area contributed by atoms with Crippen LogP contribution in [-0.4, -0.2) is 58.3 Å². The number of rotatable bonds is 6. The molecule has 1 atom stereocenters. The first-order valence-corrected chi connectivity index (χ1v) is 11.2. The summed E-state index contributed by atoms with van der Waals surface area (Å²) >= 11 is 0. The van der Waals surface area contributed by atoms with E-state index in [9.17, 15) is 4.79 Å². The van der Waals surface area contributed by atoms with E-state index in [0.29, 0.717) is 23.9 Å². The van der Waals surface area contributed by atoms with Crippen LogP contribution >= 0.6 is 0 Å². The number of carbonyl (C=O) groups is 1. The molecule has 1 amide bonds. The first-order chi connectivity index (χ1) is 15.3. The lowest BCUT2D eigenvalue weighted by molar-refractivity contribution is 0.0642. The summed E-state index contributed by atoms with van der Waals surface area (Å²) in [7, 11) is 0. The van der Waals surface area contributed by atoms with E-state index in [1.807, 2.05) is 22.7 Å². The lowest BCUT2D eigenvalue weighted by Gasteiger charge is -2.22. The molecule has 2 aliphatic heterocycles. The lowest BCUT2D eigenvalue weighted by atomic mass is 10.0. The zero-order valence-corrected chi connectivity index (χ0v) is 17.7. The number of ether oxygens (including phenoxy) is 1. The minimum absolute atomic E-state index is 0.0369. The van der Waals surface area contributed by atoms with Crippen LogP contribution in [-0.2, 0) is 11.3 Å². The number of nitrogens with zero attached hydrogens (tertiary/aromatic N) is 4. The van der Waals surface area contributed by atoms with Gasteiger partial charge in [0.1, 0.15) is 5.82 Å². The summed E-state index contributed by atoms with van der Waals surface area (Å²) in [4.78, 5) is 15.2. The Morgan fingerprint density at radius 3 is 2.74 bits per heavy atom. The Morgan fingerprint density at radius 2 is 1.90 bits per heavy atom. The van der Waals surface area contributed by atoms with Crippen molar-refractivity contribution in [1.82, 2.24) is 24.8 Å². The van der Waals surface area contributed by atoms with Crippen LogP contribution < -0.4 is 5.32 Å². The maximum Gasteiger partial charge on any atom is 0.252 e. The summed E-state index contributed by atoms with van der Waals surface area (Å²) in [5.74, 6) is 1.73. The minimum Gasteiger partial charge on any atom is -0.381 e. The number of amides is 1. The molecule has 0 bridgehead atoms. The Kier molecular flexibility index (Phi) is 5.95. The second kappa shape index (κ2) is 9.16. The van der Waals surface area contributed by atoms with Gasteiger partial charge in [-0.25, -0.2) is 0 Å². The number of fused-ring (bicyclic) bond motifs is 1. The highest BCUT2D eigenvalue weighted by Gasteiger charge is 2.28. The summed E-state index contributed by atoms with van der Waals surface area (Å²) in [5.41, 5.74) is 2.77. The third-order valence-electron chi connectivity index (χ3n) is 6.47. The van der Waals surface area contributed by atoms with Gasteiger partial charge >= 0.3 is 0 Å². The summed E-state index contributed by atoms with van der Waals surface area (Å²) < 4.78 is 7.40. The maximum absolute atomic E-state index is 12.7. The van der Waals surface area contributed by atoms with Crippen LogP contribution in [0.25, 0.3) is 5.65 Å². The molecule has 0 unspecified atom stereocenters. The quantitative estimate of drug-likeness (QED) is 0.665. The largest absolute Gasteiger partial charge is 0.381 e. The molecule has 3 aromatic rings. The van der Waals surface area contributed by atoms with Crippen LogP contribution in [0.2, 0.25) is 0 Å². The van der Waals surface area contributed by atoms with E-state index in [2.05, 4.69) is 50.7 Å². The van der Waals surface area contributed by atoms with Crippen molar-refractivity contribution in [3.63, 3.8) is 0 Å². The van der Waals surface area contributed by atoms with Gasteiger partial charge in [-0.2, -0.15) is 0 Å². The van der Waals surface area contributed by atoms with E-state index in [1.165, 1.54) is 5.56 Å². The number of aromatic nitrogens is 3. The molecule has 162 valence electrons. The standard InChI is InChI=1S/C24H29N5O2/c30-24(25-14-18-9-12-31-13-10-18)21-6-7-22-26-27-23(29(22)17-21)20-8-11-28(16-20)15-19-4-2-1-3-5-19/h1-7,17-18,20H,8-16H2,(H,25,30)/t20-/m1/s1. The summed E-state index contributed by atoms with van der Waals surface area (Å²) in [6, 6.07) is 14.3. The summed E-state index contributed by atoms with van der Waals surface area (Å²) in [6.07, 6.45) is 4.96. The van der Waals surface area contributed by atoms with Gasteiger partial charge in [0, 0.05) is 45.0 Å². The van der Waals surface area contributed by atoms with Crippen molar-refractivity contribution in [1.29, 1.82) is 0 Å². The van der Waals surface area contributed by atoms with Gasteiger partial charge in [0.05, 0.1) is 5.56 Å². The predicted molar refractivity (Wildman–Crippen MR) is 118 cm³/mol. The number of nitrogens with one attached hydrogen (secondary N) is 1. The predicted octanol–water partition coefficient (Wildman–Crippen LogP) is 2.88. The molecular weight excluding hydrogens is 390 g/mol. The third-order valence-corrected chi connectivity index (χ3v) is 6.47. The number of likely N-dealkylation sites (tertiary alicyclic amines) is 1. The molecule has 0 spiro atoms. The Balaban J connectivity index is 1.26. The van der Waals surface area contributed by atoms with Crippen molar-refractivity contribution >= 4 is 11.6 Å². The topological polar surface area (TPSA) is 71.8 Å². The molecule has 1 aromatic carbocycles. The normalized spacial score (nSPS) is 20.3. The third kappa shape index (κ3) is 4.62. The van der Waals surface area contributed by atoms with E-state index in [4.69, 9.17) is 4.74 Å². The average molecular weight is 420 g/mol. The molecule has 2 fully saturated rings. The monoisotopic (exact) mass is 419 g/mol. The number of hydrogen-bond acceptors (Lipinski definition) is 5. The maximum atomic E-state index is 12.7. The molecule has 0 aliphatic carbocycles. The van der Waals surface area contributed by atoms with Crippen LogP contribution in [0.1, 0.15) is 46.9 Å². The molecule has 2 aromatic heterocycles. The number of pyridine rings is 1. The van der Waals surface area contributed by atoms with Crippen LogP contribution in [0, 0.1) is 5.92 Å². The molecule has 31 heavy (non-hydrogen) atoms. The number of carbonyl (C=O) groups excluding carboxylic acids is 1. The first-order valence-electron chi connectivity index (χ1n) is 11.2. The Bertz CT molecular complexity index is 1030. The van der Waals surface area contributed by atoms with Crippen molar-refractivity contribution in [3.05, 3.63) is 65.6 Å². The lowest BCUT2D eigenvalue weighted by Crippen LogP contribution is -2.32. The Labute approximate surface area is 182 Å². The summed E-state index contributed by atoms with van der Waals surface area (Å²) in [5, 5.41) is 11.9. The fourth-order valence-electron chi connectivity index (χ4n) is 4.64. The molecular formula is C24H29N5O2. The zero-order valence-electron chi connectivity index (χ0n) is 17.7. The zero-order chi connectivity index (χ0) is 21.0. The van der Waals surface area contributed by atoms with Crippen LogP contribution in [0.5, 0.6) is 0 Å². The molecule has 0 saturated carbocycles. The van der Waals surface area contributed by atoms with Crippen LogP contribution in [0.3, 0.4) is 0 Å². The Hall–Kier alpha value is -2.77. The van der Waals surface area contributed by atoms with Crippen molar-refractivity contribution in [3.8, 4) is 0 Å². The first kappa shape index (κ1) is 20.2. The molecule has 7 heteroatoms. The van der Waals surface area contributed by atoms with Gasteiger partial charge in [0.15, 0.2) is 5.65 Å². The van der Waals surface area contributed by atoms with Gasteiger partial charge in [-0.15, -0.1) is 10.2 Å². The van der Waals surface area contributed by atoms with E-state index in [-0.39, 0.29) is 5.91 Å². The number of hydrogen-bond donors (Lipinski definition) is 1. The molecule has 1 N–H and O–H groups in total. The van der Waals surface area contributed by atoms with Gasteiger partial charge in [-0.3, -0.25) is 14.1 Å². The second-order valence-electron chi connectivity index (χ2n) is 8.68. The molecule has 2 aliphatic rings. The van der Waals surface area contributed by atoms with Crippen LogP contribution in [0.15, 0.2) is 48.7 Å². The fourth-order valence-corrected chi connectivity index (χ4v) is 4.64. The van der Waals surface area contributed by atoms with Gasteiger partial charge in [0.25, 0.3) is 5.91 Å². The van der Waals surface area contributed by atoms with Crippen molar-refractivity contribution < 1.29 is 9.53 Å². The van der Waals surface area contributed by atoms with Crippen molar-refractivity contribution in [2.75, 3.05) is 32.8 Å².